The number of nitriles is 1. The lowest BCUT2D eigenvalue weighted by atomic mass is 10.2. The molecule has 0 aliphatic rings. The number of aromatic nitrogens is 1. The predicted octanol–water partition coefficient (Wildman–Crippen LogP) is 2.78. The molecule has 0 saturated carbocycles. The van der Waals surface area contributed by atoms with Crippen molar-refractivity contribution in [2.45, 2.75) is 5.88 Å². The Morgan fingerprint density at radius 1 is 1.38 bits per heavy atom. The Kier molecular flexibility index (Phi) is 1.96. The summed E-state index contributed by atoms with van der Waals surface area (Å²) in [5.41, 5.74) is 2.68. The van der Waals surface area contributed by atoms with Gasteiger partial charge in [0.15, 0.2) is 0 Å². The Labute approximate surface area is 80.7 Å². The first-order valence-electron chi connectivity index (χ1n) is 3.91. The summed E-state index contributed by atoms with van der Waals surface area (Å²) in [4.78, 5) is 3.16. The van der Waals surface area contributed by atoms with Crippen LogP contribution in [0.3, 0.4) is 0 Å². The third-order valence-electron chi connectivity index (χ3n) is 1.95. The van der Waals surface area contributed by atoms with E-state index in [1.165, 1.54) is 0 Å². The molecule has 0 amide bonds. The van der Waals surface area contributed by atoms with E-state index in [-0.39, 0.29) is 0 Å². The highest BCUT2D eigenvalue weighted by Gasteiger charge is 1.99. The van der Waals surface area contributed by atoms with Gasteiger partial charge < -0.3 is 4.98 Å². The molecule has 0 aliphatic carbocycles. The minimum Gasteiger partial charge on any atom is -0.357 e. The molecule has 0 spiro atoms. The second-order valence-electron chi connectivity index (χ2n) is 2.84. The van der Waals surface area contributed by atoms with E-state index >= 15 is 0 Å². The average molecular weight is 191 g/mol. The van der Waals surface area contributed by atoms with Crippen molar-refractivity contribution in [2.75, 3.05) is 0 Å². The van der Waals surface area contributed by atoms with Crippen molar-refractivity contribution in [3.8, 4) is 6.07 Å². The van der Waals surface area contributed by atoms with Gasteiger partial charge in [-0.3, -0.25) is 0 Å². The van der Waals surface area contributed by atoms with Gasteiger partial charge in [-0.05, 0) is 24.3 Å². The Morgan fingerprint density at radius 3 is 2.92 bits per heavy atom. The van der Waals surface area contributed by atoms with Gasteiger partial charge in [0.05, 0.1) is 17.5 Å². The summed E-state index contributed by atoms with van der Waals surface area (Å²) >= 11 is 5.68. The van der Waals surface area contributed by atoms with Gasteiger partial charge in [0.25, 0.3) is 0 Å². The maximum absolute atomic E-state index is 8.67. The van der Waals surface area contributed by atoms with E-state index in [1.54, 1.807) is 6.07 Å². The summed E-state index contributed by atoms with van der Waals surface area (Å²) in [7, 11) is 0. The van der Waals surface area contributed by atoms with Crippen LogP contribution >= 0.6 is 11.6 Å². The monoisotopic (exact) mass is 190 g/mol. The zero-order valence-electron chi connectivity index (χ0n) is 6.84. The average Bonchev–Trinajstić information content (AvgIpc) is 2.58. The molecule has 0 bridgehead atoms. The number of hydrogen-bond donors (Lipinski definition) is 1. The number of hydrogen-bond acceptors (Lipinski definition) is 1. The van der Waals surface area contributed by atoms with Gasteiger partial charge in [0.2, 0.25) is 0 Å². The number of benzene rings is 1. The normalized spacial score (nSPS) is 10.2. The highest BCUT2D eigenvalue weighted by atomic mass is 35.5. The fourth-order valence-corrected chi connectivity index (χ4v) is 1.48. The van der Waals surface area contributed by atoms with Crippen molar-refractivity contribution in [1.82, 2.24) is 4.98 Å². The molecule has 0 unspecified atom stereocenters. The van der Waals surface area contributed by atoms with Crippen LogP contribution in [0.4, 0.5) is 0 Å². The molecule has 0 fully saturated rings. The molecule has 0 atom stereocenters. The van der Waals surface area contributed by atoms with E-state index in [2.05, 4.69) is 11.1 Å². The Hall–Kier alpha value is -1.46. The fourth-order valence-electron chi connectivity index (χ4n) is 1.33. The SMILES string of the molecule is N#Cc1ccc2[nH]c(CCl)cc2c1. The van der Waals surface area contributed by atoms with Crippen LogP contribution in [-0.2, 0) is 5.88 Å². The van der Waals surface area contributed by atoms with Crippen LogP contribution in [-0.4, -0.2) is 4.98 Å². The molecular formula is C10H7ClN2. The highest BCUT2D eigenvalue weighted by Crippen LogP contribution is 2.17. The van der Waals surface area contributed by atoms with Crippen molar-refractivity contribution in [3.63, 3.8) is 0 Å². The zero-order chi connectivity index (χ0) is 9.26. The quantitative estimate of drug-likeness (QED) is 0.691. The summed E-state index contributed by atoms with van der Waals surface area (Å²) in [6.07, 6.45) is 0. The minimum absolute atomic E-state index is 0.469. The Bertz CT molecular complexity index is 479. The third kappa shape index (κ3) is 1.39. The number of fused-ring (bicyclic) bond motifs is 1. The van der Waals surface area contributed by atoms with Gasteiger partial charge in [0.1, 0.15) is 0 Å². The van der Waals surface area contributed by atoms with Crippen molar-refractivity contribution in [3.05, 3.63) is 35.5 Å². The lowest BCUT2D eigenvalue weighted by molar-refractivity contribution is 1.26. The molecule has 2 aromatic rings. The van der Waals surface area contributed by atoms with Gasteiger partial charge >= 0.3 is 0 Å². The zero-order valence-corrected chi connectivity index (χ0v) is 7.60. The van der Waals surface area contributed by atoms with E-state index in [9.17, 15) is 0 Å². The number of nitrogens with one attached hydrogen (secondary N) is 1. The van der Waals surface area contributed by atoms with Crippen molar-refractivity contribution < 1.29 is 0 Å². The van der Waals surface area contributed by atoms with Crippen LogP contribution < -0.4 is 0 Å². The van der Waals surface area contributed by atoms with Crippen LogP contribution in [0.15, 0.2) is 24.3 Å². The van der Waals surface area contributed by atoms with Crippen LogP contribution in [0.1, 0.15) is 11.3 Å². The first kappa shape index (κ1) is 8.15. The number of nitrogens with zero attached hydrogens (tertiary/aromatic N) is 1. The molecular weight excluding hydrogens is 184 g/mol. The van der Waals surface area contributed by atoms with Crippen molar-refractivity contribution in [1.29, 1.82) is 5.26 Å². The molecule has 1 aromatic carbocycles. The lowest BCUT2D eigenvalue weighted by Gasteiger charge is -1.88. The molecule has 1 N–H and O–H groups in total. The number of rotatable bonds is 1. The van der Waals surface area contributed by atoms with Crippen LogP contribution in [0.5, 0.6) is 0 Å². The maximum atomic E-state index is 8.67. The second-order valence-corrected chi connectivity index (χ2v) is 3.11. The first-order chi connectivity index (χ1) is 6.33. The summed E-state index contributed by atoms with van der Waals surface area (Å²) in [6, 6.07) is 9.59. The van der Waals surface area contributed by atoms with Gasteiger partial charge in [-0.25, -0.2) is 0 Å². The largest absolute Gasteiger partial charge is 0.357 e. The lowest BCUT2D eigenvalue weighted by Crippen LogP contribution is -1.73. The smallest absolute Gasteiger partial charge is 0.0991 e. The molecule has 0 radical (unpaired) electrons. The molecule has 2 rings (SSSR count). The van der Waals surface area contributed by atoms with Crippen molar-refractivity contribution in [2.24, 2.45) is 0 Å². The van der Waals surface area contributed by atoms with E-state index in [0.29, 0.717) is 11.4 Å². The summed E-state index contributed by atoms with van der Waals surface area (Å²) < 4.78 is 0. The molecule has 0 aliphatic heterocycles. The first-order valence-corrected chi connectivity index (χ1v) is 4.44. The summed E-state index contributed by atoms with van der Waals surface area (Å²) in [5.74, 6) is 0.469. The number of halogens is 1. The Morgan fingerprint density at radius 2 is 2.23 bits per heavy atom. The molecule has 3 heteroatoms. The minimum atomic E-state index is 0.469. The van der Waals surface area contributed by atoms with E-state index in [1.807, 2.05) is 18.2 Å². The third-order valence-corrected chi connectivity index (χ3v) is 2.24. The number of alkyl halides is 1. The van der Waals surface area contributed by atoms with Gasteiger partial charge in [-0.2, -0.15) is 5.26 Å². The second kappa shape index (κ2) is 3.12. The van der Waals surface area contributed by atoms with Crippen LogP contribution in [0.25, 0.3) is 10.9 Å². The van der Waals surface area contributed by atoms with E-state index in [0.717, 1.165) is 16.6 Å². The standard InChI is InChI=1S/C10H7ClN2/c11-5-9-4-8-3-7(6-12)1-2-10(8)13-9/h1-4,13H,5H2. The molecule has 2 nitrogen and oxygen atoms in total. The van der Waals surface area contributed by atoms with Gasteiger partial charge in [-0.15, -0.1) is 11.6 Å². The highest BCUT2D eigenvalue weighted by molar-refractivity contribution is 6.17. The van der Waals surface area contributed by atoms with Crippen LogP contribution in [0, 0.1) is 11.3 Å². The fraction of sp³-hybridized carbons (Fsp3) is 0.100. The van der Waals surface area contributed by atoms with Crippen molar-refractivity contribution >= 4 is 22.5 Å². The summed E-state index contributed by atoms with van der Waals surface area (Å²) in [5, 5.41) is 9.71. The number of H-pyrrole nitrogens is 1. The van der Waals surface area contributed by atoms with E-state index < -0.39 is 0 Å². The Balaban J connectivity index is 2.65. The topological polar surface area (TPSA) is 39.6 Å². The van der Waals surface area contributed by atoms with E-state index in [4.69, 9.17) is 16.9 Å². The van der Waals surface area contributed by atoms with Crippen LogP contribution in [0.2, 0.25) is 0 Å². The summed E-state index contributed by atoms with van der Waals surface area (Å²) in [6.45, 7) is 0. The molecule has 1 heterocycles. The predicted molar refractivity (Wildman–Crippen MR) is 52.6 cm³/mol. The number of aromatic amines is 1. The molecule has 64 valence electrons. The molecule has 1 aromatic heterocycles. The molecule has 0 saturated heterocycles. The van der Waals surface area contributed by atoms with Gasteiger partial charge in [0, 0.05) is 16.6 Å². The maximum Gasteiger partial charge on any atom is 0.0991 e. The molecule has 13 heavy (non-hydrogen) atoms. The van der Waals surface area contributed by atoms with Gasteiger partial charge in [-0.1, -0.05) is 0 Å².